The van der Waals surface area contributed by atoms with Crippen molar-refractivity contribution in [3.05, 3.63) is 65.7 Å². The molecule has 2 aliphatic rings. The highest BCUT2D eigenvalue weighted by molar-refractivity contribution is 7.95. The molecular weight excluding hydrogens is 330 g/mol. The minimum atomic E-state index is -0.0637. The maximum absolute atomic E-state index is 4.94. The lowest BCUT2D eigenvalue weighted by Gasteiger charge is -2.17. The summed E-state index contributed by atoms with van der Waals surface area (Å²) >= 11 is 1.55. The number of nitrogens with one attached hydrogen (secondary N) is 2. The number of H-pyrrole nitrogens is 1. The van der Waals surface area contributed by atoms with Gasteiger partial charge in [0.25, 0.3) is 0 Å². The first-order chi connectivity index (χ1) is 11.9. The van der Waals surface area contributed by atoms with Gasteiger partial charge >= 0.3 is 0 Å². The molecule has 4 heterocycles. The van der Waals surface area contributed by atoms with Crippen LogP contribution >= 0.6 is 12.1 Å². The molecule has 2 aromatic rings. The maximum Gasteiger partial charge on any atom is 0.112 e. The monoisotopic (exact) mass is 351 g/mol. The van der Waals surface area contributed by atoms with Gasteiger partial charge in [-0.3, -0.25) is 9.29 Å². The lowest BCUT2D eigenvalue weighted by molar-refractivity contribution is 0.552. The number of aromatic amines is 1. The molecule has 4 rings (SSSR count). The van der Waals surface area contributed by atoms with Crippen molar-refractivity contribution in [1.82, 2.24) is 24.0 Å². The molecular formula is C19H21N5S. The summed E-state index contributed by atoms with van der Waals surface area (Å²) < 4.78 is 5.25. The second-order valence-electron chi connectivity index (χ2n) is 7.24. The molecule has 0 bridgehead atoms. The van der Waals surface area contributed by atoms with Crippen LogP contribution in [0.3, 0.4) is 0 Å². The largest absolute Gasteiger partial charge is 0.340 e. The molecule has 2 aromatic heterocycles. The normalized spacial score (nSPS) is 16.4. The van der Waals surface area contributed by atoms with Crippen LogP contribution in [0.1, 0.15) is 38.0 Å². The van der Waals surface area contributed by atoms with Gasteiger partial charge in [-0.2, -0.15) is 0 Å². The molecule has 0 aromatic carbocycles. The molecule has 0 amide bonds. The average molecular weight is 351 g/mol. The van der Waals surface area contributed by atoms with Gasteiger partial charge in [0.1, 0.15) is 5.82 Å². The Labute approximate surface area is 152 Å². The summed E-state index contributed by atoms with van der Waals surface area (Å²) in [6, 6.07) is 6.07. The van der Waals surface area contributed by atoms with Crippen molar-refractivity contribution in [2.24, 2.45) is 0 Å². The number of hydrogen-bond acceptors (Lipinski definition) is 5. The second kappa shape index (κ2) is 5.81. The van der Waals surface area contributed by atoms with Gasteiger partial charge in [-0.15, -0.1) is 0 Å². The third-order valence-electron chi connectivity index (χ3n) is 4.14. The van der Waals surface area contributed by atoms with Crippen molar-refractivity contribution in [2.45, 2.75) is 33.1 Å². The number of aryl methyl sites for hydroxylation is 1. The van der Waals surface area contributed by atoms with Crippen LogP contribution in [0.15, 0.2) is 48.4 Å². The highest BCUT2D eigenvalue weighted by Crippen LogP contribution is 2.35. The predicted octanol–water partition coefficient (Wildman–Crippen LogP) is 4.30. The molecule has 25 heavy (non-hydrogen) atoms. The van der Waals surface area contributed by atoms with E-state index in [0.29, 0.717) is 0 Å². The summed E-state index contributed by atoms with van der Waals surface area (Å²) in [6.07, 6.45) is 8.30. The molecule has 0 radical (unpaired) electrons. The van der Waals surface area contributed by atoms with Crippen LogP contribution in [-0.2, 0) is 5.41 Å². The van der Waals surface area contributed by atoms with Crippen molar-refractivity contribution in [2.75, 3.05) is 0 Å². The van der Waals surface area contributed by atoms with Crippen LogP contribution < -0.4 is 4.72 Å². The first kappa shape index (κ1) is 16.0. The van der Waals surface area contributed by atoms with E-state index in [1.54, 1.807) is 12.1 Å². The van der Waals surface area contributed by atoms with Crippen LogP contribution in [0, 0.1) is 6.92 Å². The summed E-state index contributed by atoms with van der Waals surface area (Å²) in [7, 11) is 0. The zero-order valence-corrected chi connectivity index (χ0v) is 15.6. The zero-order valence-electron chi connectivity index (χ0n) is 14.8. The smallest absolute Gasteiger partial charge is 0.112 e. The molecule has 0 atom stereocenters. The average Bonchev–Trinajstić information content (AvgIpc) is 3.20. The first-order valence-corrected chi connectivity index (χ1v) is 9.06. The predicted molar refractivity (Wildman–Crippen MR) is 103 cm³/mol. The van der Waals surface area contributed by atoms with Gasteiger partial charge in [-0.1, -0.05) is 26.8 Å². The Morgan fingerprint density at radius 3 is 2.76 bits per heavy atom. The summed E-state index contributed by atoms with van der Waals surface area (Å²) in [5, 5.41) is 0. The zero-order chi connectivity index (χ0) is 17.6. The van der Waals surface area contributed by atoms with E-state index in [4.69, 9.17) is 9.97 Å². The van der Waals surface area contributed by atoms with E-state index >= 15 is 0 Å². The third kappa shape index (κ3) is 2.98. The van der Waals surface area contributed by atoms with Crippen molar-refractivity contribution >= 4 is 17.7 Å². The van der Waals surface area contributed by atoms with Crippen molar-refractivity contribution in [1.29, 1.82) is 0 Å². The minimum absolute atomic E-state index is 0.0637. The van der Waals surface area contributed by atoms with Crippen LogP contribution in [0.4, 0.5) is 0 Å². The van der Waals surface area contributed by atoms with E-state index in [2.05, 4.69) is 53.1 Å². The van der Waals surface area contributed by atoms with Crippen LogP contribution in [0.2, 0.25) is 0 Å². The Kier molecular flexibility index (Phi) is 3.72. The summed E-state index contributed by atoms with van der Waals surface area (Å²) in [6.45, 7) is 8.50. The standard InChI is InChI=1S/C19H21N5S/c1-12-6-5-7-15(21-12)17-16(22-18(23-17)19(2,3)4)13-8-9-24-14(10-13)11-20-25-24/h5-11,20H,1-4H3,(H,22,23). The number of imidazole rings is 1. The Hall–Kier alpha value is -2.47. The first-order valence-electron chi connectivity index (χ1n) is 8.28. The number of nitrogens with zero attached hydrogens (tertiary/aromatic N) is 3. The summed E-state index contributed by atoms with van der Waals surface area (Å²) in [4.78, 5) is 13.2. The minimum Gasteiger partial charge on any atom is -0.340 e. The Balaban J connectivity index is 1.86. The topological polar surface area (TPSA) is 56.8 Å². The number of pyridine rings is 1. The molecule has 0 saturated carbocycles. The third-order valence-corrected chi connectivity index (χ3v) is 4.89. The highest BCUT2D eigenvalue weighted by atomic mass is 32.2. The molecule has 0 saturated heterocycles. The van der Waals surface area contributed by atoms with E-state index in [1.807, 2.05) is 31.3 Å². The van der Waals surface area contributed by atoms with Gasteiger partial charge in [0.2, 0.25) is 0 Å². The fraction of sp³-hybridized carbons (Fsp3) is 0.263. The Morgan fingerprint density at radius 2 is 2.00 bits per heavy atom. The molecule has 0 fully saturated rings. The quantitative estimate of drug-likeness (QED) is 0.790. The lowest BCUT2D eigenvalue weighted by Crippen LogP contribution is -2.13. The van der Waals surface area contributed by atoms with Crippen LogP contribution in [0.25, 0.3) is 17.0 Å². The molecule has 2 N–H and O–H groups in total. The number of aromatic nitrogens is 3. The summed E-state index contributed by atoms with van der Waals surface area (Å²) in [5.74, 6) is 0.963. The number of rotatable bonds is 2. The van der Waals surface area contributed by atoms with E-state index in [9.17, 15) is 0 Å². The van der Waals surface area contributed by atoms with Crippen LogP contribution in [0.5, 0.6) is 0 Å². The van der Waals surface area contributed by atoms with E-state index in [-0.39, 0.29) is 5.41 Å². The van der Waals surface area contributed by atoms with Gasteiger partial charge in [0.05, 0.1) is 34.9 Å². The van der Waals surface area contributed by atoms with Gasteiger partial charge in [0, 0.05) is 29.1 Å². The van der Waals surface area contributed by atoms with E-state index < -0.39 is 0 Å². The van der Waals surface area contributed by atoms with Gasteiger partial charge in [0.15, 0.2) is 0 Å². The van der Waals surface area contributed by atoms with E-state index in [0.717, 1.165) is 39.9 Å². The SMILES string of the molecule is Cc1cccc(-c2[nH]c(C(C)(C)C)nc2C2=CC3=CNSN3C=C2)n1. The summed E-state index contributed by atoms with van der Waals surface area (Å²) in [5.41, 5.74) is 5.96. The van der Waals surface area contributed by atoms with E-state index in [1.165, 1.54) is 0 Å². The Bertz CT molecular complexity index is 914. The van der Waals surface area contributed by atoms with Gasteiger partial charge < -0.3 is 9.71 Å². The maximum atomic E-state index is 4.94. The fourth-order valence-electron chi connectivity index (χ4n) is 2.79. The van der Waals surface area contributed by atoms with Crippen molar-refractivity contribution in [3.8, 4) is 11.4 Å². The molecule has 0 unspecified atom stereocenters. The molecule has 2 aliphatic heterocycles. The second-order valence-corrected chi connectivity index (χ2v) is 8.05. The highest BCUT2D eigenvalue weighted by Gasteiger charge is 2.25. The lowest BCUT2D eigenvalue weighted by atomic mass is 9.96. The van der Waals surface area contributed by atoms with Gasteiger partial charge in [-0.05, 0) is 31.2 Å². The molecule has 6 heteroatoms. The fourth-order valence-corrected chi connectivity index (χ4v) is 3.41. The molecule has 5 nitrogen and oxygen atoms in total. The number of fused-ring (bicyclic) bond motifs is 1. The molecule has 0 aliphatic carbocycles. The number of allylic oxidation sites excluding steroid dienone is 3. The van der Waals surface area contributed by atoms with Gasteiger partial charge in [-0.25, -0.2) is 4.98 Å². The van der Waals surface area contributed by atoms with Crippen molar-refractivity contribution < 1.29 is 0 Å². The van der Waals surface area contributed by atoms with Crippen LogP contribution in [-0.4, -0.2) is 19.3 Å². The van der Waals surface area contributed by atoms with Crippen molar-refractivity contribution in [3.63, 3.8) is 0 Å². The molecule has 128 valence electrons. The number of hydrogen-bond donors (Lipinski definition) is 2. The molecule has 0 spiro atoms. The Morgan fingerprint density at radius 1 is 1.16 bits per heavy atom.